The fourth-order valence-electron chi connectivity index (χ4n) is 2.34. The van der Waals surface area contributed by atoms with Crippen molar-refractivity contribution in [2.24, 2.45) is 0 Å². The lowest BCUT2D eigenvalue weighted by Gasteiger charge is -2.34. The van der Waals surface area contributed by atoms with Gasteiger partial charge in [-0.3, -0.25) is 9.69 Å². The Bertz CT molecular complexity index is 543. The molecular formula is C13H14N4OS. The van der Waals surface area contributed by atoms with Gasteiger partial charge in [-0.05, 0) is 17.1 Å². The van der Waals surface area contributed by atoms with Gasteiger partial charge in [0.2, 0.25) is 5.91 Å². The molecule has 6 heteroatoms. The van der Waals surface area contributed by atoms with Crippen molar-refractivity contribution in [3.63, 3.8) is 0 Å². The van der Waals surface area contributed by atoms with Crippen LogP contribution in [0.1, 0.15) is 16.5 Å². The Morgan fingerprint density at radius 3 is 2.95 bits per heavy atom. The van der Waals surface area contributed by atoms with Crippen molar-refractivity contribution in [1.82, 2.24) is 19.8 Å². The largest absolute Gasteiger partial charge is 0.353 e. The smallest absolute Gasteiger partial charge is 0.242 e. The molecule has 0 spiro atoms. The van der Waals surface area contributed by atoms with Crippen molar-refractivity contribution >= 4 is 17.4 Å². The van der Waals surface area contributed by atoms with Crippen LogP contribution in [0.5, 0.6) is 0 Å². The van der Waals surface area contributed by atoms with Gasteiger partial charge in [0.05, 0.1) is 11.1 Å². The SMILES string of the molecule is O=C1NCCN(Cc2cnns2)C1c1ccccc1. The Labute approximate surface area is 115 Å². The van der Waals surface area contributed by atoms with Crippen LogP contribution in [0, 0.1) is 0 Å². The Morgan fingerprint density at radius 2 is 2.21 bits per heavy atom. The standard InChI is InChI=1S/C13H14N4OS/c18-13-12(10-4-2-1-3-5-10)17(7-6-14-13)9-11-8-15-16-19-11/h1-5,8,12H,6-7,9H2,(H,14,18). The van der Waals surface area contributed by atoms with Crippen LogP contribution in [0.2, 0.25) is 0 Å². The van der Waals surface area contributed by atoms with E-state index in [0.29, 0.717) is 13.1 Å². The topological polar surface area (TPSA) is 58.1 Å². The van der Waals surface area contributed by atoms with Crippen LogP contribution in [-0.2, 0) is 11.3 Å². The normalized spacial score (nSPS) is 20.2. The third kappa shape index (κ3) is 2.64. The molecule has 1 fully saturated rings. The highest BCUT2D eigenvalue weighted by atomic mass is 32.1. The quantitative estimate of drug-likeness (QED) is 0.914. The Balaban J connectivity index is 1.86. The maximum Gasteiger partial charge on any atom is 0.242 e. The molecule has 1 atom stereocenters. The summed E-state index contributed by atoms with van der Waals surface area (Å²) in [6.45, 7) is 2.24. The predicted molar refractivity (Wildman–Crippen MR) is 72.5 cm³/mol. The number of amides is 1. The van der Waals surface area contributed by atoms with Crippen molar-refractivity contribution in [1.29, 1.82) is 0 Å². The lowest BCUT2D eigenvalue weighted by Crippen LogP contribution is -2.49. The summed E-state index contributed by atoms with van der Waals surface area (Å²) in [7, 11) is 0. The van der Waals surface area contributed by atoms with Gasteiger partial charge in [0.15, 0.2) is 0 Å². The van der Waals surface area contributed by atoms with Crippen LogP contribution in [0.25, 0.3) is 0 Å². The van der Waals surface area contributed by atoms with Gasteiger partial charge >= 0.3 is 0 Å². The number of piperazine rings is 1. The van der Waals surface area contributed by atoms with Crippen LogP contribution in [0.15, 0.2) is 36.5 Å². The molecule has 98 valence electrons. The molecular weight excluding hydrogens is 260 g/mol. The monoisotopic (exact) mass is 274 g/mol. The Kier molecular flexibility index (Phi) is 3.52. The molecule has 1 aliphatic rings. The summed E-state index contributed by atoms with van der Waals surface area (Å²) >= 11 is 1.38. The van der Waals surface area contributed by atoms with Crippen LogP contribution in [0.3, 0.4) is 0 Å². The van der Waals surface area contributed by atoms with Gasteiger partial charge in [-0.25, -0.2) is 0 Å². The van der Waals surface area contributed by atoms with Gasteiger partial charge < -0.3 is 5.32 Å². The number of hydrogen-bond acceptors (Lipinski definition) is 5. The molecule has 1 aromatic carbocycles. The van der Waals surface area contributed by atoms with Crippen molar-refractivity contribution < 1.29 is 4.79 Å². The predicted octanol–water partition coefficient (Wildman–Crippen LogP) is 1.21. The molecule has 1 unspecified atom stereocenters. The molecule has 0 aliphatic carbocycles. The first kappa shape index (κ1) is 12.3. The maximum absolute atomic E-state index is 12.2. The molecule has 1 aliphatic heterocycles. The van der Waals surface area contributed by atoms with Crippen LogP contribution in [0.4, 0.5) is 0 Å². The molecule has 0 radical (unpaired) electrons. The first-order valence-corrected chi connectivity index (χ1v) is 6.95. The summed E-state index contributed by atoms with van der Waals surface area (Å²) in [5.41, 5.74) is 1.03. The second-order valence-electron chi connectivity index (χ2n) is 4.46. The van der Waals surface area contributed by atoms with E-state index >= 15 is 0 Å². The number of nitrogens with one attached hydrogen (secondary N) is 1. The number of carbonyl (C=O) groups excluding carboxylic acids is 1. The average molecular weight is 274 g/mol. The molecule has 1 N–H and O–H groups in total. The first-order valence-electron chi connectivity index (χ1n) is 6.17. The van der Waals surface area contributed by atoms with Crippen molar-refractivity contribution in [2.75, 3.05) is 13.1 Å². The van der Waals surface area contributed by atoms with E-state index in [-0.39, 0.29) is 11.9 Å². The highest BCUT2D eigenvalue weighted by Crippen LogP contribution is 2.25. The molecule has 19 heavy (non-hydrogen) atoms. The van der Waals surface area contributed by atoms with E-state index in [2.05, 4.69) is 19.8 Å². The second kappa shape index (κ2) is 5.46. The van der Waals surface area contributed by atoms with E-state index in [9.17, 15) is 4.79 Å². The zero-order valence-corrected chi connectivity index (χ0v) is 11.1. The highest BCUT2D eigenvalue weighted by Gasteiger charge is 2.31. The molecule has 1 aromatic heterocycles. The van der Waals surface area contributed by atoms with E-state index in [1.54, 1.807) is 6.20 Å². The summed E-state index contributed by atoms with van der Waals surface area (Å²) < 4.78 is 3.87. The summed E-state index contributed by atoms with van der Waals surface area (Å²) in [4.78, 5) is 15.4. The maximum atomic E-state index is 12.2. The van der Waals surface area contributed by atoms with E-state index < -0.39 is 0 Å². The van der Waals surface area contributed by atoms with Crippen LogP contribution in [-0.4, -0.2) is 33.5 Å². The third-order valence-electron chi connectivity index (χ3n) is 3.19. The van der Waals surface area contributed by atoms with Crippen molar-refractivity contribution in [3.8, 4) is 0 Å². The van der Waals surface area contributed by atoms with Gasteiger partial charge in [0.25, 0.3) is 0 Å². The minimum Gasteiger partial charge on any atom is -0.353 e. The minimum absolute atomic E-state index is 0.0647. The van der Waals surface area contributed by atoms with Gasteiger partial charge in [-0.1, -0.05) is 34.8 Å². The zero-order chi connectivity index (χ0) is 13.1. The molecule has 0 bridgehead atoms. The van der Waals surface area contributed by atoms with Crippen molar-refractivity contribution in [2.45, 2.75) is 12.6 Å². The summed E-state index contributed by atoms with van der Waals surface area (Å²) in [5, 5.41) is 6.78. The zero-order valence-electron chi connectivity index (χ0n) is 10.3. The summed E-state index contributed by atoms with van der Waals surface area (Å²) in [5.74, 6) is 0.0647. The fraction of sp³-hybridized carbons (Fsp3) is 0.308. The first-order chi connectivity index (χ1) is 9.34. The second-order valence-corrected chi connectivity index (χ2v) is 5.33. The Morgan fingerprint density at radius 1 is 1.37 bits per heavy atom. The molecule has 2 heterocycles. The van der Waals surface area contributed by atoms with E-state index in [1.165, 1.54) is 11.5 Å². The molecule has 2 aromatic rings. The summed E-state index contributed by atoms with van der Waals surface area (Å²) in [6, 6.07) is 9.65. The molecule has 1 amide bonds. The number of carbonyl (C=O) groups is 1. The molecule has 3 rings (SSSR count). The van der Waals surface area contributed by atoms with Crippen LogP contribution >= 0.6 is 11.5 Å². The highest BCUT2D eigenvalue weighted by molar-refractivity contribution is 7.05. The van der Waals surface area contributed by atoms with Crippen LogP contribution < -0.4 is 5.32 Å². The summed E-state index contributed by atoms with van der Waals surface area (Å²) in [6.07, 6.45) is 1.76. The Hall–Kier alpha value is -1.79. The van der Waals surface area contributed by atoms with Gasteiger partial charge in [-0.2, -0.15) is 0 Å². The van der Waals surface area contributed by atoms with E-state index in [1.807, 2.05) is 30.3 Å². The minimum atomic E-state index is -0.225. The molecule has 1 saturated heterocycles. The number of benzene rings is 1. The van der Waals surface area contributed by atoms with Crippen molar-refractivity contribution in [3.05, 3.63) is 47.0 Å². The van der Waals surface area contributed by atoms with Gasteiger partial charge in [0, 0.05) is 19.6 Å². The van der Waals surface area contributed by atoms with E-state index in [0.717, 1.165) is 17.0 Å². The third-order valence-corrected chi connectivity index (χ3v) is 3.84. The number of nitrogens with zero attached hydrogens (tertiary/aromatic N) is 3. The molecule has 0 saturated carbocycles. The van der Waals surface area contributed by atoms with Gasteiger partial charge in [-0.15, -0.1) is 5.10 Å². The molecule has 5 nitrogen and oxygen atoms in total. The van der Waals surface area contributed by atoms with Gasteiger partial charge in [0.1, 0.15) is 6.04 Å². The number of aromatic nitrogens is 2. The fourth-order valence-corrected chi connectivity index (χ4v) is 2.86. The average Bonchev–Trinajstić information content (AvgIpc) is 2.93. The number of hydrogen-bond donors (Lipinski definition) is 1. The number of rotatable bonds is 3. The lowest BCUT2D eigenvalue weighted by atomic mass is 10.0. The lowest BCUT2D eigenvalue weighted by molar-refractivity contribution is -0.129. The van der Waals surface area contributed by atoms with E-state index in [4.69, 9.17) is 0 Å².